The number of anilines is 2. The Bertz CT molecular complexity index is 1070. The lowest BCUT2D eigenvalue weighted by Crippen LogP contribution is -2.32. The van der Waals surface area contributed by atoms with Crippen LogP contribution in [0.4, 0.5) is 15.8 Å². The fourth-order valence-electron chi connectivity index (χ4n) is 3.64. The van der Waals surface area contributed by atoms with E-state index in [0.29, 0.717) is 32.4 Å². The first-order valence-electron chi connectivity index (χ1n) is 9.80. The minimum Gasteiger partial charge on any atom is -0.352 e. The molecule has 2 aromatic heterocycles. The number of benzene rings is 1. The van der Waals surface area contributed by atoms with Gasteiger partial charge in [-0.3, -0.25) is 4.79 Å². The Labute approximate surface area is 189 Å². The predicted molar refractivity (Wildman–Crippen MR) is 123 cm³/mol. The molecule has 5 nitrogen and oxygen atoms in total. The van der Waals surface area contributed by atoms with Gasteiger partial charge < -0.3 is 10.2 Å². The van der Waals surface area contributed by atoms with Gasteiger partial charge in [0.15, 0.2) is 5.65 Å². The summed E-state index contributed by atoms with van der Waals surface area (Å²) in [4.78, 5) is 24.1. The Hall–Kier alpha value is -2.25. The Morgan fingerprint density at radius 2 is 1.87 bits per heavy atom. The van der Waals surface area contributed by atoms with Crippen molar-refractivity contribution in [2.24, 2.45) is 0 Å². The number of fused-ring (bicyclic) bond motifs is 1. The third kappa shape index (κ3) is 4.73. The minimum atomic E-state index is -0.405. The molecule has 158 valence electrons. The molecule has 0 bridgehead atoms. The lowest BCUT2D eigenvalue weighted by molar-refractivity contribution is 0.0762. The molecule has 1 aliphatic rings. The molecule has 1 aliphatic heterocycles. The normalized spacial score (nSPS) is 14.2. The van der Waals surface area contributed by atoms with E-state index in [9.17, 15) is 9.18 Å². The van der Waals surface area contributed by atoms with Crippen molar-refractivity contribution in [3.63, 3.8) is 0 Å². The quantitative estimate of drug-likeness (QED) is 0.484. The van der Waals surface area contributed by atoms with Gasteiger partial charge >= 0.3 is 0 Å². The van der Waals surface area contributed by atoms with Gasteiger partial charge in [-0.05, 0) is 50.1 Å². The number of halogens is 3. The van der Waals surface area contributed by atoms with Crippen molar-refractivity contribution in [2.75, 3.05) is 18.4 Å². The van der Waals surface area contributed by atoms with Crippen LogP contribution in [0.5, 0.6) is 0 Å². The number of aromatic nitrogens is 2. The van der Waals surface area contributed by atoms with E-state index in [-0.39, 0.29) is 18.3 Å². The molecule has 1 amide bonds. The number of hydrogen-bond acceptors (Lipinski definition) is 4. The third-order valence-corrected chi connectivity index (χ3v) is 5.68. The number of nitrogens with one attached hydrogen (secondary N) is 1. The van der Waals surface area contributed by atoms with E-state index >= 15 is 0 Å². The van der Waals surface area contributed by atoms with E-state index in [0.717, 1.165) is 44.5 Å². The largest absolute Gasteiger partial charge is 0.352 e. The molecule has 1 saturated heterocycles. The van der Waals surface area contributed by atoms with Crippen molar-refractivity contribution in [2.45, 2.75) is 32.6 Å². The number of amides is 1. The van der Waals surface area contributed by atoms with Gasteiger partial charge in [0.25, 0.3) is 5.91 Å². The summed E-state index contributed by atoms with van der Waals surface area (Å²) in [6.07, 6.45) is 5.83. The molecular weight excluding hydrogens is 471 g/mol. The molecule has 4 rings (SSSR count). The number of likely N-dealkylation sites (tertiary alicyclic amines) is 1. The van der Waals surface area contributed by atoms with Crippen molar-refractivity contribution < 1.29 is 9.18 Å². The van der Waals surface area contributed by atoms with Gasteiger partial charge in [-0.15, -0.1) is 12.4 Å². The van der Waals surface area contributed by atoms with Crippen molar-refractivity contribution in [3.8, 4) is 0 Å². The minimum absolute atomic E-state index is 0. The van der Waals surface area contributed by atoms with E-state index in [4.69, 9.17) is 0 Å². The maximum absolute atomic E-state index is 14.5. The Kier molecular flexibility index (Phi) is 7.26. The van der Waals surface area contributed by atoms with Crippen LogP contribution >= 0.6 is 28.3 Å². The van der Waals surface area contributed by atoms with E-state index in [2.05, 4.69) is 31.2 Å². The van der Waals surface area contributed by atoms with E-state index in [1.54, 1.807) is 18.3 Å². The van der Waals surface area contributed by atoms with Crippen LogP contribution in [0, 0.1) is 12.7 Å². The molecule has 0 aliphatic carbocycles. The van der Waals surface area contributed by atoms with Crippen LogP contribution in [0.3, 0.4) is 0 Å². The monoisotopic (exact) mass is 492 g/mol. The van der Waals surface area contributed by atoms with Crippen LogP contribution < -0.4 is 5.32 Å². The van der Waals surface area contributed by atoms with Gasteiger partial charge in [-0.1, -0.05) is 28.8 Å². The lowest BCUT2D eigenvalue weighted by atomic mass is 10.1. The van der Waals surface area contributed by atoms with Gasteiger partial charge in [0.2, 0.25) is 0 Å². The second-order valence-corrected chi connectivity index (χ2v) is 8.24. The number of rotatable bonds is 3. The van der Waals surface area contributed by atoms with Crippen molar-refractivity contribution in [1.29, 1.82) is 0 Å². The highest BCUT2D eigenvalue weighted by atomic mass is 79.9. The summed E-state index contributed by atoms with van der Waals surface area (Å²) < 4.78 is 15.2. The fraction of sp³-hybridized carbons (Fsp3) is 0.318. The summed E-state index contributed by atoms with van der Waals surface area (Å²) in [5.41, 5.74) is 2.63. The van der Waals surface area contributed by atoms with Gasteiger partial charge in [-0.25, -0.2) is 14.4 Å². The number of carbonyl (C=O) groups excluding carboxylic acids is 1. The zero-order chi connectivity index (χ0) is 20.4. The molecule has 0 spiro atoms. The van der Waals surface area contributed by atoms with Gasteiger partial charge in [0.05, 0.1) is 16.9 Å². The van der Waals surface area contributed by atoms with Crippen LogP contribution in [0.1, 0.15) is 41.7 Å². The first-order valence-corrected chi connectivity index (χ1v) is 10.6. The maximum Gasteiger partial charge on any atom is 0.257 e. The summed E-state index contributed by atoms with van der Waals surface area (Å²) in [5.74, 6) is -0.487. The Morgan fingerprint density at radius 1 is 1.13 bits per heavy atom. The molecule has 0 saturated carbocycles. The summed E-state index contributed by atoms with van der Waals surface area (Å²) in [7, 11) is 0. The molecular formula is C22H23BrClFN4O. The zero-order valence-corrected chi connectivity index (χ0v) is 19.0. The van der Waals surface area contributed by atoms with Gasteiger partial charge in [0, 0.05) is 34.8 Å². The molecule has 0 radical (unpaired) electrons. The van der Waals surface area contributed by atoms with E-state index in [1.807, 2.05) is 24.0 Å². The van der Waals surface area contributed by atoms with Crippen molar-refractivity contribution >= 4 is 56.7 Å². The molecule has 0 unspecified atom stereocenters. The van der Waals surface area contributed by atoms with E-state index < -0.39 is 5.82 Å². The number of nitrogens with zero attached hydrogens (tertiary/aromatic N) is 3. The van der Waals surface area contributed by atoms with Crippen molar-refractivity contribution in [3.05, 3.63) is 58.1 Å². The first kappa shape index (κ1) is 22.4. The molecule has 1 aromatic carbocycles. The van der Waals surface area contributed by atoms with Crippen molar-refractivity contribution in [1.82, 2.24) is 14.9 Å². The fourth-order valence-corrected chi connectivity index (χ4v) is 3.97. The maximum atomic E-state index is 14.5. The molecule has 1 fully saturated rings. The summed E-state index contributed by atoms with van der Waals surface area (Å²) in [6.45, 7) is 3.35. The van der Waals surface area contributed by atoms with Crippen LogP contribution in [0.25, 0.3) is 11.0 Å². The number of aryl methyl sites for hydroxylation is 1. The zero-order valence-electron chi connectivity index (χ0n) is 16.6. The van der Waals surface area contributed by atoms with Crippen LogP contribution in [0.2, 0.25) is 0 Å². The second-order valence-electron chi connectivity index (χ2n) is 7.33. The molecule has 3 aromatic rings. The topological polar surface area (TPSA) is 58.1 Å². The molecule has 1 N–H and O–H groups in total. The molecule has 30 heavy (non-hydrogen) atoms. The number of carbonyl (C=O) groups is 1. The van der Waals surface area contributed by atoms with Gasteiger partial charge in [0.1, 0.15) is 5.82 Å². The average Bonchev–Trinajstić information content (AvgIpc) is 2.99. The highest BCUT2D eigenvalue weighted by Gasteiger charge is 2.23. The molecule has 3 heterocycles. The predicted octanol–water partition coefficient (Wildman–Crippen LogP) is 6.02. The van der Waals surface area contributed by atoms with Gasteiger partial charge in [-0.2, -0.15) is 0 Å². The Morgan fingerprint density at radius 3 is 2.57 bits per heavy atom. The standard InChI is InChI=1S/C22H22BrFN4O.ClH/c1-14-6-8-16-20(27-19-9-7-15(23)12-18(19)24)17(13-25-21(16)26-14)22(29)28-10-4-2-3-5-11-28;/h6-9,12-13H,2-5,10-11H2,1H3,(H,25,26,27);1H. The molecule has 0 atom stereocenters. The summed E-state index contributed by atoms with van der Waals surface area (Å²) in [6, 6.07) is 8.54. The number of hydrogen-bond donors (Lipinski definition) is 1. The third-order valence-electron chi connectivity index (χ3n) is 5.18. The summed E-state index contributed by atoms with van der Waals surface area (Å²) in [5, 5.41) is 3.84. The average molecular weight is 494 g/mol. The Balaban J connectivity index is 0.00000256. The van der Waals surface area contributed by atoms with E-state index in [1.165, 1.54) is 6.07 Å². The highest BCUT2D eigenvalue weighted by Crippen LogP contribution is 2.31. The SMILES string of the molecule is Cc1ccc2c(Nc3ccc(Br)cc3F)c(C(=O)N3CCCCCC3)cnc2n1.Cl. The van der Waals surface area contributed by atoms with Crippen LogP contribution in [-0.2, 0) is 0 Å². The first-order chi connectivity index (χ1) is 14.0. The van der Waals surface area contributed by atoms with Crippen LogP contribution in [0.15, 0.2) is 41.0 Å². The number of pyridine rings is 2. The summed E-state index contributed by atoms with van der Waals surface area (Å²) >= 11 is 3.28. The molecule has 8 heteroatoms. The second kappa shape index (κ2) is 9.71. The smallest absolute Gasteiger partial charge is 0.257 e. The highest BCUT2D eigenvalue weighted by molar-refractivity contribution is 9.10. The lowest BCUT2D eigenvalue weighted by Gasteiger charge is -2.22. The van der Waals surface area contributed by atoms with Crippen LogP contribution in [-0.4, -0.2) is 33.9 Å².